The minimum absolute atomic E-state index is 1.15. The average molecular weight is 238 g/mol. The van der Waals surface area contributed by atoms with Gasteiger partial charge in [0, 0.05) is 7.05 Å². The second-order valence-corrected chi connectivity index (χ2v) is 4.46. The highest BCUT2D eigenvalue weighted by atomic mass is 31.2. The summed E-state index contributed by atoms with van der Waals surface area (Å²) in [6, 6.07) is 0. The fraction of sp³-hybridized carbons (Fsp3) is 0.750. The van der Waals surface area contributed by atoms with Gasteiger partial charge >= 0.3 is 0 Å². The van der Waals surface area contributed by atoms with Crippen molar-refractivity contribution >= 4 is 7.82 Å². The third-order valence-corrected chi connectivity index (χ3v) is 1.87. The van der Waals surface area contributed by atoms with E-state index in [1.165, 1.54) is 19.4 Å². The van der Waals surface area contributed by atoms with Crippen molar-refractivity contribution in [2.24, 2.45) is 0 Å². The molecule has 3 N–H and O–H groups in total. The zero-order valence-electron chi connectivity index (χ0n) is 9.09. The molecule has 0 aromatic rings. The van der Waals surface area contributed by atoms with Crippen LogP contribution in [-0.4, -0.2) is 34.9 Å². The highest BCUT2D eigenvalue weighted by Crippen LogP contribution is 2.18. The van der Waals surface area contributed by atoms with Gasteiger partial charge < -0.3 is 19.6 Å². The van der Waals surface area contributed by atoms with Crippen molar-refractivity contribution in [2.75, 3.05) is 20.3 Å². The molecule has 0 aromatic heterocycles. The van der Waals surface area contributed by atoms with E-state index >= 15 is 0 Å². The molecule has 1 atom stereocenters. The van der Waals surface area contributed by atoms with Crippen LogP contribution in [-0.2, 0) is 4.57 Å². The van der Waals surface area contributed by atoms with Gasteiger partial charge in [-0.25, -0.2) is 0 Å². The highest BCUT2D eigenvalue weighted by molar-refractivity contribution is 7.43. The summed E-state index contributed by atoms with van der Waals surface area (Å²) in [7, 11) is -2.77. The number of hydrogen-bond acceptors (Lipinski definition) is 3. The lowest BCUT2D eigenvalue weighted by Crippen LogP contribution is -3.07. The van der Waals surface area contributed by atoms with Crippen LogP contribution in [0.3, 0.4) is 0 Å². The minimum atomic E-state index is -4.89. The van der Waals surface area contributed by atoms with Gasteiger partial charge in [-0.3, -0.25) is 9.46 Å². The molecule has 0 spiro atoms. The first-order chi connectivity index (χ1) is 6.83. The molecule has 7 heteroatoms. The van der Waals surface area contributed by atoms with Crippen molar-refractivity contribution < 1.29 is 24.1 Å². The van der Waals surface area contributed by atoms with Crippen molar-refractivity contribution in [3.8, 4) is 0 Å². The predicted molar refractivity (Wildman–Crippen MR) is 54.6 cm³/mol. The van der Waals surface area contributed by atoms with Crippen LogP contribution in [0.4, 0.5) is 0 Å². The van der Waals surface area contributed by atoms with Crippen LogP contribution >= 0.6 is 7.82 Å². The van der Waals surface area contributed by atoms with E-state index in [2.05, 4.69) is 31.3 Å². The lowest BCUT2D eigenvalue weighted by Gasteiger charge is -2.11. The van der Waals surface area contributed by atoms with E-state index in [1.54, 1.807) is 4.90 Å². The first kappa shape index (κ1) is 14.6. The zero-order valence-corrected chi connectivity index (χ0v) is 9.98. The summed E-state index contributed by atoms with van der Waals surface area (Å²) in [6.07, 6.45) is 7.05. The molecule has 1 aliphatic heterocycles. The number of quaternary nitrogens is 1. The van der Waals surface area contributed by atoms with Gasteiger partial charge in [-0.1, -0.05) is 13.3 Å². The standard InChI is InChI=1S/C8H16N2.H3O4P/c1-3-4-5-10-7-6-9(2)8-10;1-5(2,3)4/h6-7H,3-5,8H2,1-2H3;(H3,1,2,3,4). The fourth-order valence-corrected chi connectivity index (χ4v) is 1.22. The van der Waals surface area contributed by atoms with E-state index in [0.29, 0.717) is 0 Å². The topological polar surface area (TPSA) is 88.3 Å². The molecule has 0 saturated carbocycles. The number of unbranched alkanes of at least 4 members (excludes halogenated alkanes) is 1. The molecule has 0 saturated heterocycles. The van der Waals surface area contributed by atoms with Gasteiger partial charge in [0.25, 0.3) is 7.82 Å². The van der Waals surface area contributed by atoms with E-state index in [9.17, 15) is 0 Å². The molecule has 0 fully saturated rings. The maximum atomic E-state index is 8.77. The zero-order chi connectivity index (χ0) is 11.9. The number of hydrogen-bond donors (Lipinski definition) is 3. The van der Waals surface area contributed by atoms with Crippen LogP contribution < -0.4 is 9.79 Å². The maximum Gasteiger partial charge on any atom is 0.262 e. The Hall–Kier alpha value is -0.390. The van der Waals surface area contributed by atoms with Crippen LogP contribution in [0, 0.1) is 0 Å². The predicted octanol–water partition coefficient (Wildman–Crippen LogP) is -1.52. The van der Waals surface area contributed by atoms with Crippen molar-refractivity contribution in [1.29, 1.82) is 0 Å². The first-order valence-electron chi connectivity index (χ1n) is 4.82. The molecule has 0 radical (unpaired) electrons. The number of phosphoric acid groups is 1. The Morgan fingerprint density at radius 2 is 2.13 bits per heavy atom. The summed E-state index contributed by atoms with van der Waals surface area (Å²) in [5, 5.41) is 0. The van der Waals surface area contributed by atoms with Crippen LogP contribution in [0.25, 0.3) is 0 Å². The molecule has 1 unspecified atom stereocenters. The maximum absolute atomic E-state index is 8.77. The second-order valence-electron chi connectivity index (χ2n) is 3.48. The fourth-order valence-electron chi connectivity index (χ4n) is 1.22. The van der Waals surface area contributed by atoms with E-state index in [-0.39, 0.29) is 0 Å². The number of rotatable bonds is 3. The molecule has 15 heavy (non-hydrogen) atoms. The monoisotopic (exact) mass is 238 g/mol. The van der Waals surface area contributed by atoms with Gasteiger partial charge in [0.05, 0.1) is 12.7 Å². The van der Waals surface area contributed by atoms with Crippen molar-refractivity contribution in [2.45, 2.75) is 19.8 Å². The Bertz CT molecular complexity index is 233. The number of nitrogens with zero attached hydrogens (tertiary/aromatic N) is 1. The summed E-state index contributed by atoms with van der Waals surface area (Å²) in [5.74, 6) is 0. The Kier molecular flexibility index (Phi) is 6.80. The van der Waals surface area contributed by atoms with E-state index in [1.807, 2.05) is 0 Å². The normalized spacial score (nSPS) is 20.1. The summed E-state index contributed by atoms with van der Waals surface area (Å²) in [5.41, 5.74) is 0. The molecule has 1 aliphatic rings. The lowest BCUT2D eigenvalue weighted by molar-refractivity contribution is -0.848. The average Bonchev–Trinajstić information content (AvgIpc) is 2.45. The molecular weight excluding hydrogens is 219 g/mol. The summed E-state index contributed by atoms with van der Waals surface area (Å²) >= 11 is 0. The van der Waals surface area contributed by atoms with E-state index < -0.39 is 7.82 Å². The summed E-state index contributed by atoms with van der Waals surface area (Å²) < 4.78 is 8.77. The summed E-state index contributed by atoms with van der Waals surface area (Å²) in [6.45, 7) is 4.68. The van der Waals surface area contributed by atoms with Gasteiger partial charge in [0.1, 0.15) is 6.20 Å². The summed E-state index contributed by atoms with van der Waals surface area (Å²) in [4.78, 5) is 26.7. The van der Waals surface area contributed by atoms with Gasteiger partial charge in [-0.2, -0.15) is 0 Å². The van der Waals surface area contributed by atoms with Gasteiger partial charge in [0.2, 0.25) is 0 Å². The largest absolute Gasteiger partial charge is 0.756 e. The third-order valence-electron chi connectivity index (χ3n) is 1.87. The smallest absolute Gasteiger partial charge is 0.262 e. The van der Waals surface area contributed by atoms with Gasteiger partial charge in [-0.15, -0.1) is 0 Å². The lowest BCUT2D eigenvalue weighted by atomic mass is 10.3. The minimum Gasteiger partial charge on any atom is -0.756 e. The Morgan fingerprint density at radius 1 is 1.60 bits per heavy atom. The van der Waals surface area contributed by atoms with Gasteiger partial charge in [-0.05, 0) is 6.42 Å². The Morgan fingerprint density at radius 3 is 2.47 bits per heavy atom. The third kappa shape index (κ3) is 11.5. The van der Waals surface area contributed by atoms with Crippen LogP contribution in [0.1, 0.15) is 19.8 Å². The van der Waals surface area contributed by atoms with Crippen LogP contribution in [0.15, 0.2) is 12.4 Å². The van der Waals surface area contributed by atoms with Crippen molar-refractivity contribution in [1.82, 2.24) is 4.90 Å². The molecular formula is C8H19N2O4P. The van der Waals surface area contributed by atoms with E-state index in [4.69, 9.17) is 19.2 Å². The van der Waals surface area contributed by atoms with Crippen LogP contribution in [0.5, 0.6) is 0 Å². The molecule has 90 valence electrons. The molecule has 0 aromatic carbocycles. The SMILES string of the molecule is CCCC[NH+]1C=CN(C)C1.O=P([O-])(O)O. The molecule has 0 bridgehead atoms. The molecule has 0 amide bonds. The second kappa shape index (κ2) is 6.98. The van der Waals surface area contributed by atoms with Crippen molar-refractivity contribution in [3.05, 3.63) is 12.4 Å². The highest BCUT2D eigenvalue weighted by Gasteiger charge is 2.11. The molecule has 6 nitrogen and oxygen atoms in total. The Labute approximate surface area is 90.1 Å². The molecule has 0 aliphatic carbocycles. The van der Waals surface area contributed by atoms with E-state index in [0.717, 1.165) is 6.67 Å². The first-order valence-corrected chi connectivity index (χ1v) is 6.35. The van der Waals surface area contributed by atoms with Crippen molar-refractivity contribution in [3.63, 3.8) is 0 Å². The Balaban J connectivity index is 0.000000336. The van der Waals surface area contributed by atoms with Crippen LogP contribution in [0.2, 0.25) is 0 Å². The quantitative estimate of drug-likeness (QED) is 0.520. The van der Waals surface area contributed by atoms with Gasteiger partial charge in [0.15, 0.2) is 6.67 Å². The molecule has 1 rings (SSSR count). The number of nitrogens with one attached hydrogen (secondary N) is 1. The molecule has 1 heterocycles.